The van der Waals surface area contributed by atoms with Gasteiger partial charge in [0.25, 0.3) is 0 Å². The summed E-state index contributed by atoms with van der Waals surface area (Å²) in [5.74, 6) is -3.72. The number of para-hydroxylation sites is 1. The van der Waals surface area contributed by atoms with E-state index in [0.29, 0.717) is 30.0 Å². The molecular weight excluding hydrogens is 580 g/mol. The number of likely N-dealkylation sites (tertiary alicyclic amines) is 1. The number of allylic oxidation sites excluding steroid dienone is 2. The highest BCUT2D eigenvalue weighted by molar-refractivity contribution is 6.24. The van der Waals surface area contributed by atoms with Crippen molar-refractivity contribution in [3.8, 4) is 11.5 Å². The number of nitrogens with zero attached hydrogens (tertiary/aromatic N) is 2. The van der Waals surface area contributed by atoms with Gasteiger partial charge in [-0.15, -0.1) is 0 Å². The second-order valence-electron chi connectivity index (χ2n) is 14.2. The Morgan fingerprint density at radius 1 is 0.870 bits per heavy atom. The predicted octanol–water partition coefficient (Wildman–Crippen LogP) is 6.00. The number of hydrogen-bond acceptors (Lipinski definition) is 6. The molecule has 4 amide bonds. The Morgan fingerprint density at radius 2 is 1.54 bits per heavy atom. The van der Waals surface area contributed by atoms with Gasteiger partial charge in [-0.3, -0.25) is 24.1 Å². The van der Waals surface area contributed by atoms with Crippen LogP contribution >= 0.6 is 0 Å². The minimum absolute atomic E-state index is 0.0530. The van der Waals surface area contributed by atoms with Crippen LogP contribution in [0.5, 0.6) is 11.5 Å². The van der Waals surface area contributed by atoms with Gasteiger partial charge in [-0.1, -0.05) is 66.2 Å². The summed E-state index contributed by atoms with van der Waals surface area (Å²) < 4.78 is 5.98. The van der Waals surface area contributed by atoms with Crippen LogP contribution in [0, 0.1) is 29.1 Å². The van der Waals surface area contributed by atoms with Crippen LogP contribution < -0.4 is 9.64 Å². The average molecular weight is 619 g/mol. The van der Waals surface area contributed by atoms with Gasteiger partial charge in [0.1, 0.15) is 18.1 Å². The van der Waals surface area contributed by atoms with Gasteiger partial charge in [-0.2, -0.15) is 0 Å². The quantitative estimate of drug-likeness (QED) is 0.278. The van der Waals surface area contributed by atoms with E-state index in [9.17, 15) is 24.3 Å². The highest BCUT2D eigenvalue weighted by Gasteiger charge is 2.68. The molecule has 4 aliphatic rings. The summed E-state index contributed by atoms with van der Waals surface area (Å²) in [5, 5.41) is 11.6. The van der Waals surface area contributed by atoms with Crippen LogP contribution in [0.4, 0.5) is 5.69 Å². The number of carbonyl (C=O) groups excluding carboxylic acids is 4. The van der Waals surface area contributed by atoms with E-state index in [1.54, 1.807) is 42.5 Å². The third kappa shape index (κ3) is 4.41. The van der Waals surface area contributed by atoms with Gasteiger partial charge >= 0.3 is 0 Å². The molecule has 7 rings (SSSR count). The molecule has 6 unspecified atom stereocenters. The van der Waals surface area contributed by atoms with Gasteiger partial charge in [0.05, 0.1) is 28.9 Å². The zero-order chi connectivity index (χ0) is 32.5. The third-order valence-electron chi connectivity index (χ3n) is 10.5. The smallest absolute Gasteiger partial charge is 0.241 e. The number of amides is 4. The molecule has 0 aromatic heterocycles. The molecule has 2 heterocycles. The lowest BCUT2D eigenvalue weighted by Gasteiger charge is -2.49. The Bertz CT molecular complexity index is 1780. The van der Waals surface area contributed by atoms with E-state index < -0.39 is 40.5 Å². The number of phenolic OH excluding ortho intramolecular Hbond substituents is 1. The van der Waals surface area contributed by atoms with Crippen molar-refractivity contribution in [3.05, 3.63) is 102 Å². The van der Waals surface area contributed by atoms with Gasteiger partial charge in [-0.25, -0.2) is 4.90 Å². The molecule has 236 valence electrons. The lowest BCUT2D eigenvalue weighted by atomic mass is 9.51. The molecule has 8 nitrogen and oxygen atoms in total. The Labute approximate surface area is 268 Å². The molecular formula is C38H38N2O6. The highest BCUT2D eigenvalue weighted by Crippen LogP contribution is 2.64. The minimum atomic E-state index is -1.23. The van der Waals surface area contributed by atoms with Crippen molar-refractivity contribution < 1.29 is 29.0 Å². The highest BCUT2D eigenvalue weighted by atomic mass is 16.5. The number of imide groups is 2. The number of fused-ring (bicyclic) bond motifs is 4. The van der Waals surface area contributed by atoms with Crippen molar-refractivity contribution >= 4 is 29.3 Å². The molecule has 0 spiro atoms. The molecule has 8 heteroatoms. The number of phenols is 1. The summed E-state index contributed by atoms with van der Waals surface area (Å²) in [5.41, 5.74) is 0.874. The van der Waals surface area contributed by atoms with E-state index >= 15 is 0 Å². The zero-order valence-corrected chi connectivity index (χ0v) is 26.5. The fourth-order valence-electron chi connectivity index (χ4n) is 8.44. The molecule has 1 saturated carbocycles. The molecule has 0 bridgehead atoms. The summed E-state index contributed by atoms with van der Waals surface area (Å²) in [4.78, 5) is 59.1. The molecule has 2 aliphatic carbocycles. The second-order valence-corrected chi connectivity index (χ2v) is 14.2. The Morgan fingerprint density at radius 3 is 2.20 bits per heavy atom. The largest absolute Gasteiger partial charge is 0.508 e. The van der Waals surface area contributed by atoms with E-state index in [1.807, 2.05) is 70.2 Å². The lowest BCUT2D eigenvalue weighted by molar-refractivity contribution is -0.145. The summed E-state index contributed by atoms with van der Waals surface area (Å²) in [7, 11) is 0. The van der Waals surface area contributed by atoms with Gasteiger partial charge in [0.2, 0.25) is 23.6 Å². The molecule has 2 saturated heterocycles. The van der Waals surface area contributed by atoms with Crippen LogP contribution in [0.2, 0.25) is 0 Å². The van der Waals surface area contributed by atoms with Crippen molar-refractivity contribution in [2.45, 2.75) is 58.6 Å². The zero-order valence-electron chi connectivity index (χ0n) is 26.5. The van der Waals surface area contributed by atoms with Crippen molar-refractivity contribution in [2.24, 2.45) is 29.1 Å². The van der Waals surface area contributed by atoms with E-state index in [1.165, 1.54) is 9.80 Å². The first-order valence-corrected chi connectivity index (χ1v) is 15.9. The number of benzene rings is 3. The Balaban J connectivity index is 1.33. The summed E-state index contributed by atoms with van der Waals surface area (Å²) in [6.07, 6.45) is 2.62. The molecule has 0 radical (unpaired) electrons. The number of ether oxygens (including phenoxy) is 1. The van der Waals surface area contributed by atoms with Gasteiger partial charge in [-0.05, 0) is 70.2 Å². The molecule has 6 atom stereocenters. The predicted molar refractivity (Wildman–Crippen MR) is 172 cm³/mol. The van der Waals surface area contributed by atoms with Crippen LogP contribution in [0.1, 0.15) is 57.6 Å². The fourth-order valence-corrected chi connectivity index (χ4v) is 8.44. The van der Waals surface area contributed by atoms with E-state index in [-0.39, 0.29) is 35.8 Å². The maximum Gasteiger partial charge on any atom is 0.241 e. The van der Waals surface area contributed by atoms with Gasteiger partial charge in [0.15, 0.2) is 0 Å². The van der Waals surface area contributed by atoms with E-state index in [2.05, 4.69) is 0 Å². The molecule has 3 fully saturated rings. The summed E-state index contributed by atoms with van der Waals surface area (Å²) in [6, 6.07) is 23.7. The lowest BCUT2D eigenvalue weighted by Crippen LogP contribution is -2.49. The van der Waals surface area contributed by atoms with Gasteiger partial charge < -0.3 is 9.84 Å². The minimum Gasteiger partial charge on any atom is -0.508 e. The molecule has 3 aromatic carbocycles. The number of anilines is 1. The summed E-state index contributed by atoms with van der Waals surface area (Å²) in [6.45, 7) is 7.69. The number of hydrogen-bond donors (Lipinski definition) is 1. The van der Waals surface area contributed by atoms with E-state index in [4.69, 9.17) is 4.74 Å². The standard InChI is InChI=1S/C38H38N2O6/c1-37(2,3)40-33(42)27-18-17-25-28(31(27)35(40)44)20-29-34(43)39(23-13-9-6-10-14-23)36(45)38(29,4)32(25)26-16-15-24(19-30(26)41)46-21-22-11-7-5-8-12-22/h5-17,19,27-29,31-32,41H,18,20-21H2,1-4H3. The van der Waals surface area contributed by atoms with Crippen LogP contribution in [0.3, 0.4) is 0 Å². The normalized spacial score (nSPS) is 29.0. The first-order valence-electron chi connectivity index (χ1n) is 15.9. The second kappa shape index (κ2) is 10.7. The number of rotatable bonds is 5. The molecule has 2 aliphatic heterocycles. The average Bonchev–Trinajstić information content (AvgIpc) is 3.41. The fraction of sp³-hybridized carbons (Fsp3) is 0.368. The molecule has 3 aromatic rings. The first kappa shape index (κ1) is 30.0. The van der Waals surface area contributed by atoms with Crippen LogP contribution in [-0.4, -0.2) is 39.2 Å². The van der Waals surface area contributed by atoms with Crippen LogP contribution in [0.25, 0.3) is 0 Å². The monoisotopic (exact) mass is 618 g/mol. The number of carbonyl (C=O) groups is 4. The van der Waals surface area contributed by atoms with Gasteiger partial charge in [0, 0.05) is 23.1 Å². The molecule has 46 heavy (non-hydrogen) atoms. The topological polar surface area (TPSA) is 104 Å². The van der Waals surface area contributed by atoms with Crippen molar-refractivity contribution in [2.75, 3.05) is 4.90 Å². The maximum absolute atomic E-state index is 14.5. The van der Waals surface area contributed by atoms with Crippen molar-refractivity contribution in [3.63, 3.8) is 0 Å². The SMILES string of the molecule is CC12C(=O)N(c3ccccc3)C(=O)C1CC1C(=CCC3C(=O)N(C(C)(C)C)C(=O)C31)C2c1ccc(OCc2ccccc2)cc1O. The summed E-state index contributed by atoms with van der Waals surface area (Å²) >= 11 is 0. The maximum atomic E-state index is 14.5. The Kier molecular flexibility index (Phi) is 6.96. The molecule has 1 N–H and O–H groups in total. The third-order valence-corrected chi connectivity index (χ3v) is 10.5. The van der Waals surface area contributed by atoms with Crippen LogP contribution in [0.15, 0.2) is 90.5 Å². The van der Waals surface area contributed by atoms with E-state index in [0.717, 1.165) is 11.1 Å². The first-order chi connectivity index (χ1) is 21.9. The van der Waals surface area contributed by atoms with Crippen molar-refractivity contribution in [1.29, 1.82) is 0 Å². The number of aromatic hydroxyl groups is 1. The van der Waals surface area contributed by atoms with Crippen molar-refractivity contribution in [1.82, 2.24) is 4.90 Å². The Hall–Kier alpha value is -4.72. The van der Waals surface area contributed by atoms with Crippen LogP contribution in [-0.2, 0) is 25.8 Å².